The van der Waals surface area contributed by atoms with Crippen LogP contribution in [-0.4, -0.2) is 54.4 Å². The molecule has 0 aromatic heterocycles. The van der Waals surface area contributed by atoms with Gasteiger partial charge in [0.2, 0.25) is 5.66 Å². The van der Waals surface area contributed by atoms with Crippen molar-refractivity contribution in [3.8, 4) is 0 Å². The highest BCUT2D eigenvalue weighted by molar-refractivity contribution is 7.96. The van der Waals surface area contributed by atoms with E-state index in [2.05, 4.69) is 84.7 Å². The van der Waals surface area contributed by atoms with Crippen molar-refractivity contribution in [2.45, 2.75) is 24.5 Å². The highest BCUT2D eigenvalue weighted by atomic mass is 79.9. The lowest BCUT2D eigenvalue weighted by molar-refractivity contribution is -0.798. The lowest BCUT2D eigenvalue weighted by Crippen LogP contribution is -3.00. The molecule has 2 aliphatic rings. The Bertz CT molecular complexity index is 1120. The van der Waals surface area contributed by atoms with Crippen LogP contribution in [-0.2, 0) is 9.53 Å². The van der Waals surface area contributed by atoms with Crippen molar-refractivity contribution >= 4 is 35.2 Å². The molecular formula is C30H33BrN2O3P+. The van der Waals surface area contributed by atoms with Crippen molar-refractivity contribution in [3.05, 3.63) is 104 Å². The molecule has 2 fully saturated rings. The number of benzene rings is 3. The molecule has 2 heterocycles. The number of amides is 2. The molecule has 1 unspecified atom stereocenters. The summed E-state index contributed by atoms with van der Waals surface area (Å²) in [5.41, 5.74) is -0.332. The molecule has 0 saturated carbocycles. The maximum atomic E-state index is 14.8. The predicted octanol–water partition coefficient (Wildman–Crippen LogP) is 0.785. The van der Waals surface area contributed by atoms with Crippen molar-refractivity contribution in [2.75, 3.05) is 26.2 Å². The van der Waals surface area contributed by atoms with Gasteiger partial charge in [-0.1, -0.05) is 67.3 Å². The molecule has 7 heteroatoms. The second-order valence-corrected chi connectivity index (χ2v) is 13.1. The molecule has 3 atom stereocenters. The molecule has 1 N–H and O–H groups in total. The van der Waals surface area contributed by atoms with Crippen molar-refractivity contribution in [1.82, 2.24) is 5.32 Å². The van der Waals surface area contributed by atoms with Crippen LogP contribution in [0.4, 0.5) is 4.79 Å². The van der Waals surface area contributed by atoms with Crippen molar-refractivity contribution < 1.29 is 35.8 Å². The first kappa shape index (κ1) is 27.4. The third kappa shape index (κ3) is 4.61. The zero-order valence-electron chi connectivity index (χ0n) is 20.8. The van der Waals surface area contributed by atoms with E-state index in [0.717, 1.165) is 28.9 Å². The smallest absolute Gasteiger partial charge is 0.524 e. The molecule has 5 rings (SSSR count). The van der Waals surface area contributed by atoms with Crippen molar-refractivity contribution in [3.63, 3.8) is 0 Å². The van der Waals surface area contributed by atoms with E-state index in [4.69, 9.17) is 4.74 Å². The molecule has 3 aromatic carbocycles. The Hall–Kier alpha value is -2.63. The molecule has 0 bridgehead atoms. The van der Waals surface area contributed by atoms with Crippen LogP contribution in [0.5, 0.6) is 0 Å². The van der Waals surface area contributed by atoms with E-state index in [-0.39, 0.29) is 45.7 Å². The minimum atomic E-state index is -2.46. The van der Waals surface area contributed by atoms with Crippen molar-refractivity contribution in [1.29, 1.82) is 0 Å². The van der Waals surface area contributed by atoms with Crippen molar-refractivity contribution in [2.24, 2.45) is 0 Å². The molecule has 5 nitrogen and oxygen atoms in total. The molecule has 2 saturated heterocycles. The van der Waals surface area contributed by atoms with E-state index < -0.39 is 13.4 Å². The lowest BCUT2D eigenvalue weighted by Gasteiger charge is -2.34. The Morgan fingerprint density at radius 2 is 1.43 bits per heavy atom. The van der Waals surface area contributed by atoms with E-state index in [9.17, 15) is 9.59 Å². The number of ether oxygens (including phenoxy) is 1. The molecule has 0 spiro atoms. The molecule has 2 amide bonds. The summed E-state index contributed by atoms with van der Waals surface area (Å²) >= 11 is 0. The number of carbonyl (C=O) groups excluding carboxylic acids is 2. The normalized spacial score (nSPS) is 23.3. The van der Waals surface area contributed by atoms with Gasteiger partial charge in [-0.25, -0.2) is 4.79 Å². The number of hydrogen-bond donors (Lipinski definition) is 1. The zero-order chi connectivity index (χ0) is 25.0. The Morgan fingerprint density at radius 1 is 0.919 bits per heavy atom. The van der Waals surface area contributed by atoms with Gasteiger partial charge < -0.3 is 27.0 Å². The fraction of sp³-hybridized carbons (Fsp3) is 0.267. The van der Waals surface area contributed by atoms with Crippen LogP contribution < -0.4 is 38.2 Å². The Kier molecular flexibility index (Phi) is 8.76. The SMILES string of the molecule is C=CCOC(=O)[N@+]1(C2CCNC2)CC[C@@H]([P+](c2ccccc2)(c2ccccc2)c2ccccc2)C1=O.[Br-]. The maximum absolute atomic E-state index is 14.8. The number of likely N-dealkylation sites (tertiary alicyclic amines) is 1. The van der Waals surface area contributed by atoms with Gasteiger partial charge in [-0.3, -0.25) is 0 Å². The first-order valence-corrected chi connectivity index (χ1v) is 14.5. The number of carbonyl (C=O) groups is 2. The molecule has 3 aromatic rings. The summed E-state index contributed by atoms with van der Waals surface area (Å²) in [5.74, 6) is -0.0114. The van der Waals surface area contributed by atoms with Gasteiger partial charge in [-0.15, -0.1) is 0 Å². The second-order valence-electron chi connectivity index (χ2n) is 9.48. The average molecular weight is 580 g/mol. The lowest BCUT2D eigenvalue weighted by atomic mass is 10.2. The summed E-state index contributed by atoms with van der Waals surface area (Å²) in [4.78, 5) is 28.5. The summed E-state index contributed by atoms with van der Waals surface area (Å²) in [7, 11) is -2.46. The summed E-state index contributed by atoms with van der Waals surface area (Å²) in [6.07, 6.45) is 2.53. The minimum Gasteiger partial charge on any atom is -1.00 e. The van der Waals surface area contributed by atoms with E-state index in [1.807, 2.05) is 18.2 Å². The predicted molar refractivity (Wildman–Crippen MR) is 147 cm³/mol. The number of quaternary nitrogens is 1. The fourth-order valence-electron chi connectivity index (χ4n) is 6.12. The third-order valence-corrected chi connectivity index (χ3v) is 12.5. The largest absolute Gasteiger partial charge is 1.00 e. The molecule has 37 heavy (non-hydrogen) atoms. The van der Waals surface area contributed by atoms with Gasteiger partial charge in [0, 0.05) is 25.9 Å². The van der Waals surface area contributed by atoms with E-state index >= 15 is 0 Å². The summed E-state index contributed by atoms with van der Waals surface area (Å²) in [5, 5.41) is 6.84. The first-order chi connectivity index (χ1) is 17.7. The summed E-state index contributed by atoms with van der Waals surface area (Å²) in [6, 6.07) is 31.2. The van der Waals surface area contributed by atoms with Gasteiger partial charge in [0.05, 0.1) is 0 Å². The Labute approximate surface area is 230 Å². The van der Waals surface area contributed by atoms with Crippen LogP contribution in [0.3, 0.4) is 0 Å². The summed E-state index contributed by atoms with van der Waals surface area (Å²) in [6.45, 7) is 5.69. The van der Waals surface area contributed by atoms with Crippen LogP contribution in [0, 0.1) is 0 Å². The van der Waals surface area contributed by atoms with Crippen LogP contribution in [0.1, 0.15) is 12.8 Å². The topological polar surface area (TPSA) is 55.4 Å². The Balaban J connectivity index is 0.00000320. The van der Waals surface area contributed by atoms with E-state index in [1.54, 1.807) is 6.08 Å². The zero-order valence-corrected chi connectivity index (χ0v) is 23.3. The third-order valence-electron chi connectivity index (χ3n) is 7.70. The van der Waals surface area contributed by atoms with Crippen LogP contribution in [0.2, 0.25) is 0 Å². The molecule has 2 aliphatic heterocycles. The highest BCUT2D eigenvalue weighted by Crippen LogP contribution is 2.63. The standard InChI is InChI=1S/C30H33N2O3P.BrH/c1-2-22-35-30(34)32(24-18-20-31-23-24)21-19-28(29(32)33)36(25-12-6-3-7-13-25,26-14-8-4-9-15-26)27-16-10-5-11-17-27;/h2-17,24,28,31H,1,18-23H2;1H/q+2;/p-1/t24?,28-,32+;/m1./s1. The van der Waals surface area contributed by atoms with Gasteiger partial charge in [-0.2, -0.15) is 9.28 Å². The van der Waals surface area contributed by atoms with Gasteiger partial charge in [0.1, 0.15) is 42.4 Å². The van der Waals surface area contributed by atoms with Gasteiger partial charge in [-0.05, 0) is 36.4 Å². The first-order valence-electron chi connectivity index (χ1n) is 12.6. The minimum absolute atomic E-state index is 0. The number of nitrogens with one attached hydrogen (secondary N) is 1. The highest BCUT2D eigenvalue weighted by Gasteiger charge is 2.69. The van der Waals surface area contributed by atoms with E-state index in [1.165, 1.54) is 0 Å². The number of nitrogens with zero attached hydrogens (tertiary/aromatic N) is 1. The molecule has 0 radical (unpaired) electrons. The number of halogens is 1. The monoisotopic (exact) mass is 579 g/mol. The average Bonchev–Trinajstić information content (AvgIpc) is 3.59. The number of hydrogen-bond acceptors (Lipinski definition) is 4. The van der Waals surface area contributed by atoms with E-state index in [0.29, 0.717) is 19.5 Å². The quantitative estimate of drug-likeness (QED) is 0.255. The van der Waals surface area contributed by atoms with Crippen LogP contribution in [0.25, 0.3) is 0 Å². The summed E-state index contributed by atoms with van der Waals surface area (Å²) < 4.78 is 5.38. The van der Waals surface area contributed by atoms with Gasteiger partial charge in [0.15, 0.2) is 0 Å². The number of imide groups is 1. The maximum Gasteiger partial charge on any atom is 0.524 e. The number of rotatable bonds is 7. The Morgan fingerprint density at radius 3 is 1.86 bits per heavy atom. The second kappa shape index (κ2) is 11.8. The van der Waals surface area contributed by atoms with Gasteiger partial charge in [0.25, 0.3) is 0 Å². The molecule has 192 valence electrons. The fourth-order valence-corrected chi connectivity index (χ4v) is 11.1. The molecule has 0 aliphatic carbocycles. The van der Waals surface area contributed by atoms with Gasteiger partial charge >= 0.3 is 12.0 Å². The van der Waals surface area contributed by atoms with Crippen LogP contribution >= 0.6 is 7.26 Å². The molecular weight excluding hydrogens is 547 g/mol. The van der Waals surface area contributed by atoms with Crippen LogP contribution in [0.15, 0.2) is 104 Å².